The highest BCUT2D eigenvalue weighted by atomic mass is 32.2. The fraction of sp³-hybridized carbons (Fsp3) is 0.818. The molecule has 2 amide bonds. The van der Waals surface area contributed by atoms with Gasteiger partial charge in [-0.3, -0.25) is 0 Å². The van der Waals surface area contributed by atoms with Gasteiger partial charge in [-0.05, 0) is 25.5 Å². The number of urea groups is 1. The van der Waals surface area contributed by atoms with Gasteiger partial charge in [0, 0.05) is 18.3 Å². The molecular weight excluding hydrogens is 240 g/mol. The van der Waals surface area contributed by atoms with Crippen molar-refractivity contribution in [1.29, 1.82) is 0 Å². The van der Waals surface area contributed by atoms with Crippen LogP contribution in [0.25, 0.3) is 0 Å². The summed E-state index contributed by atoms with van der Waals surface area (Å²) in [5, 5.41) is 11.8. The van der Waals surface area contributed by atoms with Gasteiger partial charge in [-0.15, -0.1) is 0 Å². The van der Waals surface area contributed by atoms with Crippen LogP contribution in [0.3, 0.4) is 0 Å². The second-order valence-electron chi connectivity index (χ2n) is 4.20. The molecule has 0 saturated carbocycles. The van der Waals surface area contributed by atoms with E-state index in [9.17, 15) is 9.59 Å². The van der Waals surface area contributed by atoms with E-state index in [1.54, 1.807) is 11.8 Å². The van der Waals surface area contributed by atoms with E-state index in [4.69, 9.17) is 5.11 Å². The summed E-state index contributed by atoms with van der Waals surface area (Å²) in [6.45, 7) is 4.54. The molecule has 1 aliphatic heterocycles. The average molecular weight is 260 g/mol. The van der Waals surface area contributed by atoms with Crippen LogP contribution in [-0.2, 0) is 4.79 Å². The van der Waals surface area contributed by atoms with Gasteiger partial charge in [0.15, 0.2) is 0 Å². The molecule has 0 bridgehead atoms. The van der Waals surface area contributed by atoms with E-state index in [0.717, 1.165) is 17.9 Å². The number of carboxylic acids is 1. The van der Waals surface area contributed by atoms with Gasteiger partial charge in [0.25, 0.3) is 0 Å². The smallest absolute Gasteiger partial charge is 0.326 e. The SMILES string of the molecule is CCSCC(C)NC(=O)N1CCC[C@H]1C(=O)O. The molecule has 1 saturated heterocycles. The second kappa shape index (κ2) is 6.74. The summed E-state index contributed by atoms with van der Waals surface area (Å²) in [7, 11) is 0. The number of rotatable bonds is 5. The third kappa shape index (κ3) is 4.11. The summed E-state index contributed by atoms with van der Waals surface area (Å²) in [5.41, 5.74) is 0. The summed E-state index contributed by atoms with van der Waals surface area (Å²) in [6.07, 6.45) is 1.32. The van der Waals surface area contributed by atoms with Crippen molar-refractivity contribution in [2.45, 2.75) is 38.8 Å². The number of aliphatic carboxylic acids is 1. The molecule has 5 nitrogen and oxygen atoms in total. The van der Waals surface area contributed by atoms with Crippen molar-refractivity contribution in [1.82, 2.24) is 10.2 Å². The highest BCUT2D eigenvalue weighted by molar-refractivity contribution is 7.99. The van der Waals surface area contributed by atoms with E-state index >= 15 is 0 Å². The summed E-state index contributed by atoms with van der Waals surface area (Å²) in [5.74, 6) is 0.961. The van der Waals surface area contributed by atoms with Crippen LogP contribution in [0.15, 0.2) is 0 Å². The minimum atomic E-state index is -0.909. The van der Waals surface area contributed by atoms with E-state index < -0.39 is 12.0 Å². The molecule has 1 aliphatic rings. The van der Waals surface area contributed by atoms with Crippen molar-refractivity contribution in [2.75, 3.05) is 18.1 Å². The molecule has 0 radical (unpaired) electrons. The topological polar surface area (TPSA) is 69.6 Å². The van der Waals surface area contributed by atoms with Gasteiger partial charge in [0.05, 0.1) is 0 Å². The molecule has 0 aromatic rings. The number of likely N-dealkylation sites (tertiary alicyclic amines) is 1. The van der Waals surface area contributed by atoms with Gasteiger partial charge in [-0.1, -0.05) is 6.92 Å². The Kier molecular flexibility index (Phi) is 5.61. The summed E-state index contributed by atoms with van der Waals surface area (Å²) in [6, 6.07) is -0.831. The maximum atomic E-state index is 11.9. The lowest BCUT2D eigenvalue weighted by molar-refractivity contribution is -0.141. The predicted octanol–water partition coefficient (Wildman–Crippen LogP) is 1.39. The Morgan fingerprint density at radius 3 is 2.88 bits per heavy atom. The molecule has 1 fully saturated rings. The van der Waals surface area contributed by atoms with Crippen LogP contribution >= 0.6 is 11.8 Å². The Bertz CT molecular complexity index is 286. The van der Waals surface area contributed by atoms with E-state index in [2.05, 4.69) is 12.2 Å². The number of nitrogens with zero attached hydrogens (tertiary/aromatic N) is 1. The van der Waals surface area contributed by atoms with E-state index in [-0.39, 0.29) is 12.1 Å². The number of hydrogen-bond acceptors (Lipinski definition) is 3. The lowest BCUT2D eigenvalue weighted by Crippen LogP contribution is -2.49. The average Bonchev–Trinajstić information content (AvgIpc) is 2.75. The normalized spacial score (nSPS) is 21.3. The molecule has 0 aromatic heterocycles. The fourth-order valence-electron chi connectivity index (χ4n) is 1.90. The zero-order chi connectivity index (χ0) is 12.8. The van der Waals surface area contributed by atoms with Gasteiger partial charge >= 0.3 is 12.0 Å². The maximum absolute atomic E-state index is 11.9. The highest BCUT2D eigenvalue weighted by Gasteiger charge is 2.34. The lowest BCUT2D eigenvalue weighted by Gasteiger charge is -2.24. The fourth-order valence-corrected chi connectivity index (χ4v) is 2.57. The van der Waals surface area contributed by atoms with Gasteiger partial charge in [0.1, 0.15) is 6.04 Å². The van der Waals surface area contributed by atoms with Crippen LogP contribution in [0.4, 0.5) is 4.79 Å². The zero-order valence-corrected chi connectivity index (χ0v) is 11.1. The Morgan fingerprint density at radius 1 is 1.59 bits per heavy atom. The molecule has 1 unspecified atom stereocenters. The molecule has 17 heavy (non-hydrogen) atoms. The number of nitrogens with one attached hydrogen (secondary N) is 1. The van der Waals surface area contributed by atoms with E-state index in [0.29, 0.717) is 13.0 Å². The van der Waals surface area contributed by atoms with Crippen LogP contribution < -0.4 is 5.32 Å². The van der Waals surface area contributed by atoms with Crippen LogP contribution in [0, 0.1) is 0 Å². The number of thioether (sulfide) groups is 1. The molecule has 1 heterocycles. The number of carbonyl (C=O) groups is 2. The largest absolute Gasteiger partial charge is 0.480 e. The molecular formula is C11H20N2O3S. The van der Waals surface area contributed by atoms with Gasteiger partial charge in [-0.2, -0.15) is 11.8 Å². The monoisotopic (exact) mass is 260 g/mol. The first-order valence-electron chi connectivity index (χ1n) is 5.94. The van der Waals surface area contributed by atoms with Crippen molar-refractivity contribution in [2.24, 2.45) is 0 Å². The summed E-state index contributed by atoms with van der Waals surface area (Å²) in [4.78, 5) is 24.3. The van der Waals surface area contributed by atoms with Crippen LogP contribution in [0.5, 0.6) is 0 Å². The molecule has 1 rings (SSSR count). The molecule has 0 aromatic carbocycles. The lowest BCUT2D eigenvalue weighted by atomic mass is 10.2. The van der Waals surface area contributed by atoms with Crippen LogP contribution in [0.1, 0.15) is 26.7 Å². The maximum Gasteiger partial charge on any atom is 0.326 e. The highest BCUT2D eigenvalue weighted by Crippen LogP contribution is 2.17. The minimum absolute atomic E-state index is 0.0718. The van der Waals surface area contributed by atoms with E-state index in [1.807, 2.05) is 6.92 Å². The van der Waals surface area contributed by atoms with Gasteiger partial charge < -0.3 is 15.3 Å². The zero-order valence-electron chi connectivity index (χ0n) is 10.3. The number of hydrogen-bond donors (Lipinski definition) is 2. The van der Waals surface area contributed by atoms with Gasteiger partial charge in [-0.25, -0.2) is 9.59 Å². The standard InChI is InChI=1S/C11H20N2O3S/c1-3-17-7-8(2)12-11(16)13-6-4-5-9(13)10(14)15/h8-9H,3-7H2,1-2H3,(H,12,16)(H,14,15)/t8?,9-/m0/s1. The number of amides is 2. The third-order valence-corrected chi connectivity index (χ3v) is 3.88. The first kappa shape index (κ1) is 14.2. The Balaban J connectivity index is 2.43. The number of carboxylic acid groups (broad SMARTS) is 1. The van der Waals surface area contributed by atoms with Crippen molar-refractivity contribution in [3.8, 4) is 0 Å². The Morgan fingerprint density at radius 2 is 2.29 bits per heavy atom. The summed E-state index contributed by atoms with van der Waals surface area (Å²) < 4.78 is 0. The summed E-state index contributed by atoms with van der Waals surface area (Å²) >= 11 is 1.76. The Hall–Kier alpha value is -0.910. The van der Waals surface area contributed by atoms with Crippen LogP contribution in [0.2, 0.25) is 0 Å². The predicted molar refractivity (Wildman–Crippen MR) is 68.4 cm³/mol. The first-order valence-corrected chi connectivity index (χ1v) is 7.09. The van der Waals surface area contributed by atoms with E-state index in [1.165, 1.54) is 4.90 Å². The molecule has 0 aliphatic carbocycles. The third-order valence-electron chi connectivity index (χ3n) is 2.74. The molecule has 0 spiro atoms. The van der Waals surface area contributed by atoms with Crippen molar-refractivity contribution in [3.63, 3.8) is 0 Å². The van der Waals surface area contributed by atoms with Gasteiger partial charge in [0.2, 0.25) is 0 Å². The van der Waals surface area contributed by atoms with Crippen molar-refractivity contribution >= 4 is 23.8 Å². The van der Waals surface area contributed by atoms with Crippen molar-refractivity contribution in [3.05, 3.63) is 0 Å². The quantitative estimate of drug-likeness (QED) is 0.783. The second-order valence-corrected chi connectivity index (χ2v) is 5.52. The molecule has 98 valence electrons. The van der Waals surface area contributed by atoms with Crippen LogP contribution in [-0.4, -0.2) is 52.1 Å². The molecule has 2 N–H and O–H groups in total. The molecule has 6 heteroatoms. The number of carbonyl (C=O) groups excluding carboxylic acids is 1. The minimum Gasteiger partial charge on any atom is -0.480 e. The van der Waals surface area contributed by atoms with Crippen molar-refractivity contribution < 1.29 is 14.7 Å². The molecule has 2 atom stereocenters. The Labute approximate surface area is 106 Å². The first-order chi connectivity index (χ1) is 8.06.